The van der Waals surface area contributed by atoms with Crippen LogP contribution in [0.25, 0.3) is 0 Å². The lowest BCUT2D eigenvalue weighted by atomic mass is 9.84. The maximum Gasteiger partial charge on any atom is 0.229 e. The molecule has 0 radical (unpaired) electrons. The van der Waals surface area contributed by atoms with Gasteiger partial charge < -0.3 is 19.0 Å². The zero-order valence-corrected chi connectivity index (χ0v) is 21.7. The molecular formula is C25H36O6S2. The van der Waals surface area contributed by atoms with Crippen LogP contribution in [-0.2, 0) is 12.8 Å². The van der Waals surface area contributed by atoms with Crippen molar-refractivity contribution in [3.63, 3.8) is 0 Å². The van der Waals surface area contributed by atoms with Crippen LogP contribution in [0, 0.1) is 10.8 Å². The van der Waals surface area contributed by atoms with Crippen molar-refractivity contribution in [2.45, 2.75) is 59.8 Å². The van der Waals surface area contributed by atoms with Crippen LogP contribution in [0.3, 0.4) is 0 Å². The van der Waals surface area contributed by atoms with Gasteiger partial charge in [0.1, 0.15) is 18.3 Å². The van der Waals surface area contributed by atoms with Crippen molar-refractivity contribution in [2.75, 3.05) is 23.0 Å². The van der Waals surface area contributed by atoms with Crippen molar-refractivity contribution in [3.05, 3.63) is 56.6 Å². The minimum Gasteiger partial charge on any atom is -0.502 e. The SMILES string of the molecule is CC(C)(CCSCCCSCCC(C)(C)Cc1cocc(O)c1=O)Cc1cc(=O)c(O)co1. The van der Waals surface area contributed by atoms with Crippen molar-refractivity contribution in [1.29, 1.82) is 0 Å². The Balaban J connectivity index is 1.57. The molecule has 2 rings (SSSR count). The topological polar surface area (TPSA) is 101 Å². The van der Waals surface area contributed by atoms with Crippen LogP contribution in [0.15, 0.2) is 43.3 Å². The third-order valence-corrected chi connectivity index (χ3v) is 7.67. The van der Waals surface area contributed by atoms with E-state index >= 15 is 0 Å². The predicted octanol–water partition coefficient (Wildman–Crippen LogP) is 5.48. The Morgan fingerprint density at radius 1 is 0.818 bits per heavy atom. The molecule has 0 spiro atoms. The first kappa shape index (κ1) is 27.4. The highest BCUT2D eigenvalue weighted by atomic mass is 32.2. The van der Waals surface area contributed by atoms with Gasteiger partial charge in [0.15, 0.2) is 11.5 Å². The van der Waals surface area contributed by atoms with Gasteiger partial charge >= 0.3 is 0 Å². The summed E-state index contributed by atoms with van der Waals surface area (Å²) in [5.41, 5.74) is -0.224. The van der Waals surface area contributed by atoms with E-state index in [2.05, 4.69) is 27.7 Å². The van der Waals surface area contributed by atoms with Crippen molar-refractivity contribution in [2.24, 2.45) is 10.8 Å². The Morgan fingerprint density at radius 3 is 2.03 bits per heavy atom. The minimum absolute atomic E-state index is 0.0209. The number of thioether (sulfide) groups is 2. The Bertz CT molecular complexity index is 993. The van der Waals surface area contributed by atoms with E-state index in [9.17, 15) is 19.8 Å². The number of hydrogen-bond donors (Lipinski definition) is 2. The van der Waals surface area contributed by atoms with E-state index in [1.807, 2.05) is 23.5 Å². The lowest BCUT2D eigenvalue weighted by Crippen LogP contribution is -2.21. The molecule has 2 aromatic rings. The largest absolute Gasteiger partial charge is 0.502 e. The normalized spacial score (nSPS) is 12.2. The van der Waals surface area contributed by atoms with Gasteiger partial charge in [-0.3, -0.25) is 9.59 Å². The monoisotopic (exact) mass is 496 g/mol. The summed E-state index contributed by atoms with van der Waals surface area (Å²) in [5, 5.41) is 18.8. The first-order valence-electron chi connectivity index (χ1n) is 11.2. The maximum absolute atomic E-state index is 12.0. The Morgan fingerprint density at radius 2 is 1.42 bits per heavy atom. The van der Waals surface area contributed by atoms with E-state index < -0.39 is 5.43 Å². The second-order valence-corrected chi connectivity index (χ2v) is 12.4. The molecule has 0 amide bonds. The molecule has 33 heavy (non-hydrogen) atoms. The van der Waals surface area contributed by atoms with Gasteiger partial charge in [0.25, 0.3) is 0 Å². The summed E-state index contributed by atoms with van der Waals surface area (Å²) < 4.78 is 10.4. The first-order valence-corrected chi connectivity index (χ1v) is 13.5. The number of aromatic hydroxyl groups is 2. The zero-order valence-electron chi connectivity index (χ0n) is 20.0. The summed E-state index contributed by atoms with van der Waals surface area (Å²) in [6.45, 7) is 8.60. The molecule has 0 atom stereocenters. The second kappa shape index (κ2) is 12.6. The maximum atomic E-state index is 12.0. The van der Waals surface area contributed by atoms with E-state index in [4.69, 9.17) is 8.83 Å². The Labute approximate surface area is 204 Å². The second-order valence-electron chi connectivity index (χ2n) is 9.97. The summed E-state index contributed by atoms with van der Waals surface area (Å²) >= 11 is 3.89. The van der Waals surface area contributed by atoms with Crippen molar-refractivity contribution < 1.29 is 19.0 Å². The van der Waals surface area contributed by atoms with E-state index in [0.29, 0.717) is 24.2 Å². The quantitative estimate of drug-likeness (QED) is 0.332. The van der Waals surface area contributed by atoms with Crippen LogP contribution in [-0.4, -0.2) is 33.2 Å². The van der Waals surface area contributed by atoms with Gasteiger partial charge in [0.2, 0.25) is 10.9 Å². The highest BCUT2D eigenvalue weighted by Gasteiger charge is 2.22. The van der Waals surface area contributed by atoms with E-state index in [1.165, 1.54) is 12.3 Å². The van der Waals surface area contributed by atoms with E-state index in [0.717, 1.165) is 54.8 Å². The average molecular weight is 497 g/mol. The summed E-state index contributed by atoms with van der Waals surface area (Å²) in [7, 11) is 0. The third-order valence-electron chi connectivity index (χ3n) is 5.53. The smallest absolute Gasteiger partial charge is 0.229 e. The Hall–Kier alpha value is -1.80. The van der Waals surface area contributed by atoms with Gasteiger partial charge in [0, 0.05) is 18.1 Å². The molecule has 2 heterocycles. The van der Waals surface area contributed by atoms with Gasteiger partial charge in [-0.2, -0.15) is 23.5 Å². The molecule has 0 saturated heterocycles. The van der Waals surface area contributed by atoms with Crippen LogP contribution < -0.4 is 10.9 Å². The molecule has 8 heteroatoms. The molecule has 0 aromatic carbocycles. The highest BCUT2D eigenvalue weighted by molar-refractivity contribution is 8.00. The fraction of sp³-hybridized carbons (Fsp3) is 0.600. The van der Waals surface area contributed by atoms with Gasteiger partial charge in [0.05, 0.1) is 6.26 Å². The van der Waals surface area contributed by atoms with Gasteiger partial charge in [-0.1, -0.05) is 27.7 Å². The molecule has 0 saturated carbocycles. The van der Waals surface area contributed by atoms with Crippen LogP contribution in [0.4, 0.5) is 0 Å². The molecule has 0 aliphatic rings. The lowest BCUT2D eigenvalue weighted by Gasteiger charge is -2.24. The molecule has 0 aliphatic carbocycles. The molecule has 2 aromatic heterocycles. The van der Waals surface area contributed by atoms with E-state index in [1.54, 1.807) is 0 Å². The fourth-order valence-corrected chi connectivity index (χ4v) is 6.12. The average Bonchev–Trinajstić information content (AvgIpc) is 2.72. The lowest BCUT2D eigenvalue weighted by molar-refractivity contribution is 0.310. The Kier molecular flexibility index (Phi) is 10.5. The van der Waals surface area contributed by atoms with Crippen LogP contribution in [0.2, 0.25) is 0 Å². The number of hydrogen-bond acceptors (Lipinski definition) is 8. The minimum atomic E-state index is -0.396. The standard InChI is InChI=1S/C25H36O6S2/c1-24(2,13-18-15-30-16-22(28)23(18)29)6-10-32-8-5-9-33-11-7-25(3,4)14-19-12-20(26)21(27)17-31-19/h12,15-17,27-28H,5-11,13-14H2,1-4H3. The van der Waals surface area contributed by atoms with Crippen molar-refractivity contribution >= 4 is 23.5 Å². The van der Waals surface area contributed by atoms with E-state index in [-0.39, 0.29) is 27.8 Å². The number of rotatable bonds is 14. The summed E-state index contributed by atoms with van der Waals surface area (Å²) in [6.07, 6.45) is 8.04. The van der Waals surface area contributed by atoms with Gasteiger partial charge in [-0.25, -0.2) is 0 Å². The van der Waals surface area contributed by atoms with Crippen molar-refractivity contribution in [3.8, 4) is 11.5 Å². The van der Waals surface area contributed by atoms with Crippen molar-refractivity contribution in [1.82, 2.24) is 0 Å². The molecule has 2 N–H and O–H groups in total. The molecule has 6 nitrogen and oxygen atoms in total. The molecule has 184 valence electrons. The highest BCUT2D eigenvalue weighted by Crippen LogP contribution is 2.29. The molecule has 0 unspecified atom stereocenters. The summed E-state index contributed by atoms with van der Waals surface area (Å²) in [4.78, 5) is 23.5. The molecule has 0 bridgehead atoms. The summed E-state index contributed by atoms with van der Waals surface area (Å²) in [6, 6.07) is 1.38. The van der Waals surface area contributed by atoms with Crippen LogP contribution in [0.1, 0.15) is 58.3 Å². The first-order chi connectivity index (χ1) is 15.5. The van der Waals surface area contributed by atoms with Crippen LogP contribution in [0.5, 0.6) is 11.5 Å². The van der Waals surface area contributed by atoms with Gasteiger partial charge in [-0.05, 0) is 59.5 Å². The van der Waals surface area contributed by atoms with Crippen LogP contribution >= 0.6 is 23.5 Å². The van der Waals surface area contributed by atoms with Gasteiger partial charge in [-0.15, -0.1) is 0 Å². The predicted molar refractivity (Wildman–Crippen MR) is 137 cm³/mol. The molecule has 0 aliphatic heterocycles. The zero-order chi connectivity index (χ0) is 24.5. The molecular weight excluding hydrogens is 460 g/mol. The third kappa shape index (κ3) is 9.92. The fourth-order valence-electron chi connectivity index (χ4n) is 3.44. The molecule has 0 fully saturated rings. The summed E-state index contributed by atoms with van der Waals surface area (Å²) in [5.74, 6) is 4.25.